The molecule has 2 aromatic rings. The Kier molecular flexibility index (Phi) is 10.0. The predicted octanol–water partition coefficient (Wildman–Crippen LogP) is 5.32. The molecular weight excluding hydrogens is 459 g/mol. The van der Waals surface area contributed by atoms with Gasteiger partial charge < -0.3 is 10.4 Å². The predicted molar refractivity (Wildman–Crippen MR) is 127 cm³/mol. The lowest BCUT2D eigenvalue weighted by atomic mass is 9.89. The molecule has 5 nitrogen and oxygen atoms in total. The number of aliphatic carboxylic acids is 1. The van der Waals surface area contributed by atoms with E-state index in [1.807, 2.05) is 44.2 Å². The van der Waals surface area contributed by atoms with Crippen molar-refractivity contribution in [1.29, 1.82) is 0 Å². The van der Waals surface area contributed by atoms with E-state index in [2.05, 4.69) is 5.32 Å². The highest BCUT2D eigenvalue weighted by Gasteiger charge is 2.31. The van der Waals surface area contributed by atoms with Crippen LogP contribution < -0.4 is 5.32 Å². The summed E-state index contributed by atoms with van der Waals surface area (Å²) in [6, 6.07) is 12.8. The molecule has 35 heavy (non-hydrogen) atoms. The number of ketones is 1. The molecule has 0 saturated carbocycles. The van der Waals surface area contributed by atoms with Crippen molar-refractivity contribution in [2.75, 3.05) is 0 Å². The molecule has 0 aliphatic rings. The van der Waals surface area contributed by atoms with Crippen LogP contribution in [0.2, 0.25) is 0 Å². The summed E-state index contributed by atoms with van der Waals surface area (Å²) < 4.78 is 38.4. The summed E-state index contributed by atoms with van der Waals surface area (Å²) in [5.74, 6) is -3.19. The van der Waals surface area contributed by atoms with E-state index >= 15 is 0 Å². The highest BCUT2D eigenvalue weighted by atomic mass is 19.4. The van der Waals surface area contributed by atoms with Crippen molar-refractivity contribution in [3.63, 3.8) is 0 Å². The number of benzene rings is 2. The number of carbonyl (C=O) groups excluding carboxylic acids is 2. The van der Waals surface area contributed by atoms with E-state index in [4.69, 9.17) is 0 Å². The fourth-order valence-corrected chi connectivity index (χ4v) is 3.91. The quantitative estimate of drug-likeness (QED) is 0.421. The van der Waals surface area contributed by atoms with Gasteiger partial charge in [0, 0.05) is 12.3 Å². The van der Waals surface area contributed by atoms with Crippen molar-refractivity contribution in [3.8, 4) is 0 Å². The van der Waals surface area contributed by atoms with E-state index in [1.54, 1.807) is 6.92 Å². The topological polar surface area (TPSA) is 83.5 Å². The van der Waals surface area contributed by atoms with Gasteiger partial charge in [0.05, 0.1) is 17.5 Å². The number of Topliss-reactive ketones (excluding diaryl/α,β-unsaturated/α-hetero) is 1. The molecule has 0 aliphatic carbocycles. The number of nitrogens with one attached hydrogen (secondary N) is 1. The third kappa shape index (κ3) is 9.19. The van der Waals surface area contributed by atoms with Gasteiger partial charge in [0.25, 0.3) is 0 Å². The number of rotatable bonds is 12. The van der Waals surface area contributed by atoms with Crippen molar-refractivity contribution < 1.29 is 32.7 Å². The summed E-state index contributed by atoms with van der Waals surface area (Å²) in [5.41, 5.74) is 0.619. The standard InChI is InChI=1S/C27H32F3NO4/c1-17(2)13-21(26(34)35)16-24(32)23(15-19-7-5-4-6-8-19)31-25(33)18(3)14-20-9-11-22(12-10-20)27(28,29)30/h4-12,17-18,21,23H,13-16H2,1-3H3,(H,31,33)(H,34,35)/t18-,21+,23-/m1/s1. The molecule has 2 N–H and O–H groups in total. The average Bonchev–Trinajstić information content (AvgIpc) is 2.78. The van der Waals surface area contributed by atoms with Crippen molar-refractivity contribution in [1.82, 2.24) is 5.32 Å². The zero-order valence-electron chi connectivity index (χ0n) is 20.1. The maximum absolute atomic E-state index is 13.1. The third-order valence-electron chi connectivity index (χ3n) is 5.81. The maximum atomic E-state index is 13.1. The number of carbonyl (C=O) groups is 3. The van der Waals surface area contributed by atoms with Gasteiger partial charge in [-0.1, -0.05) is 63.2 Å². The van der Waals surface area contributed by atoms with Gasteiger partial charge in [-0.25, -0.2) is 0 Å². The van der Waals surface area contributed by atoms with Gasteiger partial charge in [-0.2, -0.15) is 13.2 Å². The summed E-state index contributed by atoms with van der Waals surface area (Å²) in [6.45, 7) is 5.40. The Balaban J connectivity index is 2.13. The molecule has 0 saturated heterocycles. The lowest BCUT2D eigenvalue weighted by molar-refractivity contribution is -0.144. The molecule has 8 heteroatoms. The summed E-state index contributed by atoms with van der Waals surface area (Å²) in [5, 5.41) is 12.3. The highest BCUT2D eigenvalue weighted by molar-refractivity contribution is 5.92. The molecule has 0 aliphatic heterocycles. The lowest BCUT2D eigenvalue weighted by Gasteiger charge is -2.22. The first-order valence-corrected chi connectivity index (χ1v) is 11.6. The van der Waals surface area contributed by atoms with Gasteiger partial charge in [-0.3, -0.25) is 14.4 Å². The molecule has 1 amide bonds. The molecule has 0 radical (unpaired) electrons. The fraction of sp³-hybridized carbons (Fsp3) is 0.444. The van der Waals surface area contributed by atoms with Crippen LogP contribution in [0.25, 0.3) is 0 Å². The molecule has 0 spiro atoms. The first kappa shape index (κ1) is 28.1. The number of carboxylic acids is 1. The first-order chi connectivity index (χ1) is 16.4. The number of hydrogen-bond donors (Lipinski definition) is 2. The summed E-state index contributed by atoms with van der Waals surface area (Å²) in [7, 11) is 0. The lowest BCUT2D eigenvalue weighted by Crippen LogP contribution is -2.45. The second-order valence-electron chi connectivity index (χ2n) is 9.39. The normalized spacial score (nSPS) is 14.3. The van der Waals surface area contributed by atoms with Gasteiger partial charge in [-0.05, 0) is 48.4 Å². The van der Waals surface area contributed by atoms with Gasteiger partial charge in [-0.15, -0.1) is 0 Å². The second-order valence-corrected chi connectivity index (χ2v) is 9.39. The first-order valence-electron chi connectivity index (χ1n) is 11.6. The minimum Gasteiger partial charge on any atom is -0.481 e. The molecule has 0 fully saturated rings. The molecular formula is C27H32F3NO4. The van der Waals surface area contributed by atoms with Crippen LogP contribution in [0.4, 0.5) is 13.2 Å². The van der Waals surface area contributed by atoms with Crippen molar-refractivity contribution in [2.45, 2.75) is 58.7 Å². The van der Waals surface area contributed by atoms with Crippen molar-refractivity contribution in [2.24, 2.45) is 17.8 Å². The Bertz CT molecular complexity index is 988. The van der Waals surface area contributed by atoms with E-state index in [1.165, 1.54) is 12.1 Å². The highest BCUT2D eigenvalue weighted by Crippen LogP contribution is 2.29. The fourth-order valence-electron chi connectivity index (χ4n) is 3.91. The molecule has 0 heterocycles. The Labute approximate surface area is 203 Å². The van der Waals surface area contributed by atoms with E-state index in [-0.39, 0.29) is 31.0 Å². The minimum atomic E-state index is -4.43. The number of carboxylic acid groups (broad SMARTS) is 1. The van der Waals surface area contributed by atoms with E-state index < -0.39 is 41.5 Å². The summed E-state index contributed by atoms with van der Waals surface area (Å²) in [4.78, 5) is 37.7. The Morgan fingerprint density at radius 2 is 1.46 bits per heavy atom. The summed E-state index contributed by atoms with van der Waals surface area (Å²) in [6.07, 6.45) is -3.88. The van der Waals surface area contributed by atoms with Crippen molar-refractivity contribution in [3.05, 3.63) is 71.3 Å². The zero-order valence-corrected chi connectivity index (χ0v) is 20.1. The number of alkyl halides is 3. The van der Waals surface area contributed by atoms with Gasteiger partial charge >= 0.3 is 12.1 Å². The SMILES string of the molecule is CC(C)C[C@@H](CC(=O)[C@@H](Cc1ccccc1)NC(=O)[C@H](C)Cc1ccc(C(F)(F)F)cc1)C(=O)O. The maximum Gasteiger partial charge on any atom is 0.416 e. The number of amides is 1. The van der Waals surface area contributed by atoms with Crippen LogP contribution in [0.15, 0.2) is 54.6 Å². The Morgan fingerprint density at radius 1 is 0.886 bits per heavy atom. The van der Waals surface area contributed by atoms with Gasteiger partial charge in [0.15, 0.2) is 5.78 Å². The van der Waals surface area contributed by atoms with E-state index in [0.29, 0.717) is 12.0 Å². The monoisotopic (exact) mass is 491 g/mol. The van der Waals surface area contributed by atoms with Crippen LogP contribution >= 0.6 is 0 Å². The Morgan fingerprint density at radius 3 is 1.97 bits per heavy atom. The van der Waals surface area contributed by atoms with Crippen LogP contribution in [0.3, 0.4) is 0 Å². The van der Waals surface area contributed by atoms with Gasteiger partial charge in [0.2, 0.25) is 5.91 Å². The Hall–Kier alpha value is -3.16. The largest absolute Gasteiger partial charge is 0.481 e. The molecule has 0 bridgehead atoms. The number of hydrogen-bond acceptors (Lipinski definition) is 3. The van der Waals surface area contributed by atoms with Crippen LogP contribution in [-0.2, 0) is 33.4 Å². The average molecular weight is 492 g/mol. The smallest absolute Gasteiger partial charge is 0.416 e. The van der Waals surface area contributed by atoms with Crippen molar-refractivity contribution >= 4 is 17.7 Å². The zero-order chi connectivity index (χ0) is 26.2. The number of halogens is 3. The summed E-state index contributed by atoms with van der Waals surface area (Å²) >= 11 is 0. The van der Waals surface area contributed by atoms with Crippen LogP contribution in [0.5, 0.6) is 0 Å². The minimum absolute atomic E-state index is 0.0924. The van der Waals surface area contributed by atoms with E-state index in [9.17, 15) is 32.7 Å². The third-order valence-corrected chi connectivity index (χ3v) is 5.81. The van der Waals surface area contributed by atoms with Crippen LogP contribution in [0.1, 0.15) is 50.3 Å². The second kappa shape index (κ2) is 12.5. The van der Waals surface area contributed by atoms with Crippen LogP contribution in [-0.4, -0.2) is 28.8 Å². The van der Waals surface area contributed by atoms with Crippen LogP contribution in [0, 0.1) is 17.8 Å². The van der Waals surface area contributed by atoms with E-state index in [0.717, 1.165) is 17.7 Å². The molecule has 2 aromatic carbocycles. The molecule has 3 atom stereocenters. The molecule has 0 unspecified atom stereocenters. The molecule has 190 valence electrons. The van der Waals surface area contributed by atoms with Gasteiger partial charge in [0.1, 0.15) is 0 Å². The molecule has 0 aromatic heterocycles. The molecule has 2 rings (SSSR count).